The molecule has 0 heterocycles. The van der Waals surface area contributed by atoms with Crippen molar-refractivity contribution < 1.29 is 22.3 Å². The monoisotopic (exact) mass is 714 g/mol. The van der Waals surface area contributed by atoms with Gasteiger partial charge in [0.15, 0.2) is 0 Å². The minimum atomic E-state index is -4.49. The lowest BCUT2D eigenvalue weighted by Crippen LogP contribution is -2.09. The second kappa shape index (κ2) is 14.9. The van der Waals surface area contributed by atoms with Crippen molar-refractivity contribution in [2.45, 2.75) is 18.5 Å². The van der Waals surface area contributed by atoms with Crippen LogP contribution in [0.1, 0.15) is 28.2 Å². The van der Waals surface area contributed by atoms with Crippen molar-refractivity contribution >= 4 is 10.8 Å². The van der Waals surface area contributed by atoms with E-state index in [4.69, 9.17) is 4.74 Å². The van der Waals surface area contributed by atoms with Crippen molar-refractivity contribution in [1.82, 2.24) is 0 Å². The van der Waals surface area contributed by atoms with Gasteiger partial charge in [-0.15, -0.1) is 0 Å². The van der Waals surface area contributed by atoms with E-state index in [0.29, 0.717) is 29.0 Å². The number of halogens is 4. The standard InChI is InChI=1S/C49H34F4O/c50-41-28-24-37(25-29-41)47-44(39-21-20-33-12-10-11-17-38(33)30-39)32-45(36-22-26-40(27-23-36)49(51,52)53)48(54-42-18-8-3-9-19-42)46(47)31-43(34-13-4-1-5-14-34)35-15-6-2-7-16-35/h1-30,32,43H,31H2. The molecule has 0 saturated heterocycles. The van der Waals surface area contributed by atoms with Gasteiger partial charge in [-0.05, 0) is 105 Å². The summed E-state index contributed by atoms with van der Waals surface area (Å²) in [4.78, 5) is 0. The van der Waals surface area contributed by atoms with Crippen molar-refractivity contribution in [1.29, 1.82) is 0 Å². The molecule has 0 amide bonds. The van der Waals surface area contributed by atoms with E-state index in [1.54, 1.807) is 12.1 Å². The van der Waals surface area contributed by atoms with E-state index in [1.165, 1.54) is 24.3 Å². The summed E-state index contributed by atoms with van der Waals surface area (Å²) in [6.45, 7) is 0. The summed E-state index contributed by atoms with van der Waals surface area (Å²) < 4.78 is 63.1. The summed E-state index contributed by atoms with van der Waals surface area (Å²) in [6, 6.07) is 58.0. The van der Waals surface area contributed by atoms with Crippen LogP contribution in [-0.2, 0) is 12.6 Å². The van der Waals surface area contributed by atoms with Crippen molar-refractivity contribution in [3.05, 3.63) is 216 Å². The van der Waals surface area contributed by atoms with Crippen molar-refractivity contribution in [2.75, 3.05) is 0 Å². The van der Waals surface area contributed by atoms with Gasteiger partial charge in [-0.25, -0.2) is 4.39 Å². The molecule has 0 atom stereocenters. The summed E-state index contributed by atoms with van der Waals surface area (Å²) in [5, 5.41) is 2.11. The molecule has 8 aromatic rings. The maximum atomic E-state index is 14.6. The first kappa shape index (κ1) is 34.6. The Morgan fingerprint density at radius 2 is 1.02 bits per heavy atom. The summed E-state index contributed by atoms with van der Waals surface area (Å²) in [7, 11) is 0. The highest BCUT2D eigenvalue weighted by molar-refractivity contribution is 5.96. The fourth-order valence-electron chi connectivity index (χ4n) is 7.23. The van der Waals surface area contributed by atoms with E-state index < -0.39 is 11.7 Å². The largest absolute Gasteiger partial charge is 0.456 e. The van der Waals surface area contributed by atoms with Gasteiger partial charge < -0.3 is 4.74 Å². The van der Waals surface area contributed by atoms with Gasteiger partial charge in [0.2, 0.25) is 0 Å². The quantitative estimate of drug-likeness (QED) is 0.135. The Kier molecular flexibility index (Phi) is 9.54. The molecule has 54 heavy (non-hydrogen) atoms. The molecule has 0 aliphatic carbocycles. The van der Waals surface area contributed by atoms with Gasteiger partial charge in [-0.2, -0.15) is 13.2 Å². The van der Waals surface area contributed by atoms with Crippen LogP contribution in [0, 0.1) is 5.82 Å². The van der Waals surface area contributed by atoms with Gasteiger partial charge in [0.25, 0.3) is 0 Å². The van der Waals surface area contributed by atoms with Crippen LogP contribution in [0.5, 0.6) is 11.5 Å². The average molecular weight is 715 g/mol. The molecule has 0 aromatic heterocycles. The van der Waals surface area contributed by atoms with Crippen molar-refractivity contribution in [3.8, 4) is 44.9 Å². The Labute approximate surface area is 311 Å². The molecule has 264 valence electrons. The van der Waals surface area contributed by atoms with E-state index in [0.717, 1.165) is 61.8 Å². The highest BCUT2D eigenvalue weighted by Gasteiger charge is 2.31. The summed E-state index contributed by atoms with van der Waals surface area (Å²) in [6.07, 6.45) is -4.04. The van der Waals surface area contributed by atoms with E-state index in [1.807, 2.05) is 84.9 Å². The molecule has 0 N–H and O–H groups in total. The third kappa shape index (κ3) is 7.26. The zero-order valence-corrected chi connectivity index (χ0v) is 29.1. The minimum Gasteiger partial charge on any atom is -0.456 e. The number of rotatable bonds is 9. The summed E-state index contributed by atoms with van der Waals surface area (Å²) in [5.41, 5.74) is 6.87. The van der Waals surface area contributed by atoms with Crippen LogP contribution in [0.15, 0.2) is 188 Å². The predicted octanol–water partition coefficient (Wildman–Crippen LogP) is 14.2. The lowest BCUT2D eigenvalue weighted by Gasteiger charge is -2.27. The molecule has 5 heteroatoms. The molecular formula is C49H34F4O. The lowest BCUT2D eigenvalue weighted by molar-refractivity contribution is -0.137. The minimum absolute atomic E-state index is 0.142. The second-order valence-corrected chi connectivity index (χ2v) is 13.3. The number of hydrogen-bond acceptors (Lipinski definition) is 1. The Morgan fingerprint density at radius 3 is 1.63 bits per heavy atom. The first-order valence-electron chi connectivity index (χ1n) is 17.8. The number of para-hydroxylation sites is 1. The Morgan fingerprint density at radius 1 is 0.481 bits per heavy atom. The maximum absolute atomic E-state index is 14.6. The predicted molar refractivity (Wildman–Crippen MR) is 210 cm³/mol. The molecule has 0 radical (unpaired) electrons. The summed E-state index contributed by atoms with van der Waals surface area (Å²) in [5.74, 6) is 0.589. The van der Waals surface area contributed by atoms with Crippen LogP contribution >= 0.6 is 0 Å². The van der Waals surface area contributed by atoms with Crippen molar-refractivity contribution in [3.63, 3.8) is 0 Å². The molecule has 0 fully saturated rings. The SMILES string of the molecule is Fc1ccc(-c2c(-c3ccc4ccccc4c3)cc(-c3ccc(C(F)(F)F)cc3)c(Oc3ccccc3)c2CC(c2ccccc2)c2ccccc2)cc1. The third-order valence-corrected chi connectivity index (χ3v) is 9.87. The highest BCUT2D eigenvalue weighted by Crippen LogP contribution is 2.49. The van der Waals surface area contributed by atoms with Crippen LogP contribution in [0.4, 0.5) is 17.6 Å². The first-order valence-corrected chi connectivity index (χ1v) is 17.8. The zero-order valence-electron chi connectivity index (χ0n) is 29.1. The molecule has 0 aliphatic heterocycles. The van der Waals surface area contributed by atoms with Crippen LogP contribution < -0.4 is 4.74 Å². The zero-order chi connectivity index (χ0) is 37.1. The Bertz CT molecular complexity index is 2470. The van der Waals surface area contributed by atoms with Gasteiger partial charge in [0, 0.05) is 17.0 Å². The lowest BCUT2D eigenvalue weighted by atomic mass is 9.79. The van der Waals surface area contributed by atoms with E-state index in [2.05, 4.69) is 54.6 Å². The molecular weight excluding hydrogens is 681 g/mol. The van der Waals surface area contributed by atoms with Gasteiger partial charge in [0.05, 0.1) is 5.56 Å². The molecule has 1 nitrogen and oxygen atoms in total. The van der Waals surface area contributed by atoms with E-state index in [-0.39, 0.29) is 11.7 Å². The molecule has 0 bridgehead atoms. The van der Waals surface area contributed by atoms with E-state index >= 15 is 0 Å². The molecule has 8 aromatic carbocycles. The maximum Gasteiger partial charge on any atom is 0.416 e. The number of hydrogen-bond donors (Lipinski definition) is 0. The Hall–Kier alpha value is -6.46. The fraction of sp³-hybridized carbons (Fsp3) is 0.0612. The average Bonchev–Trinajstić information content (AvgIpc) is 3.21. The molecule has 0 unspecified atom stereocenters. The molecule has 8 rings (SSSR count). The normalized spacial score (nSPS) is 11.6. The Balaban J connectivity index is 1.49. The van der Waals surface area contributed by atoms with Crippen LogP contribution in [0.3, 0.4) is 0 Å². The van der Waals surface area contributed by atoms with E-state index in [9.17, 15) is 17.6 Å². The van der Waals surface area contributed by atoms with Gasteiger partial charge in [-0.3, -0.25) is 0 Å². The summed E-state index contributed by atoms with van der Waals surface area (Å²) >= 11 is 0. The number of alkyl halides is 3. The topological polar surface area (TPSA) is 9.23 Å². The molecule has 0 spiro atoms. The number of fused-ring (bicyclic) bond motifs is 1. The van der Waals surface area contributed by atoms with Gasteiger partial charge in [0.1, 0.15) is 17.3 Å². The number of benzene rings is 8. The fourth-order valence-corrected chi connectivity index (χ4v) is 7.23. The number of ether oxygens (including phenoxy) is 1. The molecule has 0 saturated carbocycles. The third-order valence-electron chi connectivity index (χ3n) is 9.87. The van der Waals surface area contributed by atoms with Gasteiger partial charge >= 0.3 is 6.18 Å². The highest BCUT2D eigenvalue weighted by atomic mass is 19.4. The second-order valence-electron chi connectivity index (χ2n) is 13.3. The van der Waals surface area contributed by atoms with Crippen LogP contribution in [-0.4, -0.2) is 0 Å². The molecule has 0 aliphatic rings. The van der Waals surface area contributed by atoms with Crippen molar-refractivity contribution in [2.24, 2.45) is 0 Å². The first-order chi connectivity index (χ1) is 26.3. The van der Waals surface area contributed by atoms with Crippen LogP contribution in [0.2, 0.25) is 0 Å². The smallest absolute Gasteiger partial charge is 0.416 e. The van der Waals surface area contributed by atoms with Gasteiger partial charge in [-0.1, -0.05) is 140 Å². The van der Waals surface area contributed by atoms with Crippen LogP contribution in [0.25, 0.3) is 44.2 Å².